The zero-order chi connectivity index (χ0) is 10.9. The molecular formula is C8H8BrF3N2. The molecule has 6 heteroatoms. The Morgan fingerprint density at radius 3 is 2.29 bits per heavy atom. The fraction of sp³-hybridized carbons (Fsp3) is 0.250. The number of hydrogen-bond acceptors (Lipinski definition) is 2. The average Bonchev–Trinajstić information content (AvgIpc) is 2.07. The highest BCUT2D eigenvalue weighted by Gasteiger charge is 2.33. The first kappa shape index (κ1) is 11.3. The predicted molar refractivity (Wildman–Crippen MR) is 51.4 cm³/mol. The highest BCUT2D eigenvalue weighted by atomic mass is 79.9. The van der Waals surface area contributed by atoms with Crippen molar-refractivity contribution in [2.24, 2.45) is 5.73 Å². The van der Waals surface area contributed by atoms with Crippen LogP contribution in [0.4, 0.5) is 18.9 Å². The summed E-state index contributed by atoms with van der Waals surface area (Å²) in [6, 6.07) is 2.17. The molecule has 2 nitrogen and oxygen atoms in total. The van der Waals surface area contributed by atoms with Crippen LogP contribution in [0.25, 0.3) is 0 Å². The van der Waals surface area contributed by atoms with Crippen molar-refractivity contribution in [1.29, 1.82) is 0 Å². The fourth-order valence-electron chi connectivity index (χ4n) is 1.06. The fourth-order valence-corrected chi connectivity index (χ4v) is 1.45. The number of halogens is 4. The normalized spacial score (nSPS) is 11.8. The molecule has 0 aromatic heterocycles. The van der Waals surface area contributed by atoms with E-state index in [0.717, 1.165) is 6.07 Å². The second-order valence-corrected chi connectivity index (χ2v) is 3.59. The lowest BCUT2D eigenvalue weighted by Gasteiger charge is -2.13. The molecule has 1 rings (SSSR count). The maximum Gasteiger partial charge on any atom is 0.416 e. The minimum atomic E-state index is -4.41. The van der Waals surface area contributed by atoms with E-state index in [9.17, 15) is 13.2 Å². The van der Waals surface area contributed by atoms with E-state index in [0.29, 0.717) is 4.47 Å². The number of alkyl halides is 3. The van der Waals surface area contributed by atoms with Crippen LogP contribution in [0.15, 0.2) is 16.6 Å². The number of rotatable bonds is 1. The molecule has 4 N–H and O–H groups in total. The molecule has 0 aliphatic rings. The molecule has 0 heterocycles. The number of benzene rings is 1. The second kappa shape index (κ2) is 3.78. The summed E-state index contributed by atoms with van der Waals surface area (Å²) < 4.78 is 37.7. The van der Waals surface area contributed by atoms with E-state index in [4.69, 9.17) is 11.5 Å². The molecule has 0 atom stereocenters. The molecule has 0 aliphatic heterocycles. The first-order chi connectivity index (χ1) is 6.36. The van der Waals surface area contributed by atoms with Crippen molar-refractivity contribution in [3.8, 4) is 0 Å². The molecule has 1 aromatic carbocycles. The van der Waals surface area contributed by atoms with Crippen LogP contribution in [-0.4, -0.2) is 0 Å². The third kappa shape index (κ3) is 2.19. The Kier molecular flexibility index (Phi) is 3.06. The third-order valence-corrected chi connectivity index (χ3v) is 2.43. The first-order valence-electron chi connectivity index (χ1n) is 3.71. The van der Waals surface area contributed by atoms with Gasteiger partial charge >= 0.3 is 6.18 Å². The zero-order valence-electron chi connectivity index (χ0n) is 7.03. The van der Waals surface area contributed by atoms with Crippen LogP contribution < -0.4 is 11.5 Å². The second-order valence-electron chi connectivity index (χ2n) is 2.73. The summed E-state index contributed by atoms with van der Waals surface area (Å²) in [5.41, 5.74) is 9.86. The molecule has 0 fully saturated rings. The molecular weight excluding hydrogens is 261 g/mol. The summed E-state index contributed by atoms with van der Waals surface area (Å²) in [5.74, 6) is 0. The maximum absolute atomic E-state index is 12.4. The monoisotopic (exact) mass is 268 g/mol. The third-order valence-electron chi connectivity index (χ3n) is 1.75. The van der Waals surface area contributed by atoms with E-state index in [1.165, 1.54) is 6.07 Å². The highest BCUT2D eigenvalue weighted by molar-refractivity contribution is 9.10. The Morgan fingerprint density at radius 2 is 1.86 bits per heavy atom. The highest BCUT2D eigenvalue weighted by Crippen LogP contribution is 2.35. The van der Waals surface area contributed by atoms with Gasteiger partial charge in [-0.2, -0.15) is 13.2 Å². The minimum Gasteiger partial charge on any atom is -0.398 e. The lowest BCUT2D eigenvalue weighted by Crippen LogP contribution is -2.12. The van der Waals surface area contributed by atoms with Gasteiger partial charge in [0.25, 0.3) is 0 Å². The van der Waals surface area contributed by atoms with Gasteiger partial charge in [-0.15, -0.1) is 0 Å². The Bertz CT molecular complexity index is 349. The van der Waals surface area contributed by atoms with Crippen LogP contribution in [0.3, 0.4) is 0 Å². The van der Waals surface area contributed by atoms with Gasteiger partial charge in [0.2, 0.25) is 0 Å². The molecule has 1 aromatic rings. The molecule has 0 bridgehead atoms. The molecule has 0 aliphatic carbocycles. The molecule has 14 heavy (non-hydrogen) atoms. The van der Waals surface area contributed by atoms with Gasteiger partial charge in [-0.05, 0) is 33.6 Å². The van der Waals surface area contributed by atoms with E-state index in [1.807, 2.05) is 0 Å². The zero-order valence-corrected chi connectivity index (χ0v) is 8.61. The lowest BCUT2D eigenvalue weighted by atomic mass is 10.1. The van der Waals surface area contributed by atoms with Gasteiger partial charge in [0.05, 0.1) is 5.56 Å². The van der Waals surface area contributed by atoms with E-state index in [1.54, 1.807) is 0 Å². The molecule has 0 unspecified atom stereocenters. The standard InChI is InChI=1S/C8H8BrF3N2/c9-6-1-4(3-13)5(2-7(6)14)8(10,11)12/h1-2H,3,13-14H2. The van der Waals surface area contributed by atoms with Crippen LogP contribution in [0, 0.1) is 0 Å². The van der Waals surface area contributed by atoms with Crippen molar-refractivity contribution < 1.29 is 13.2 Å². The van der Waals surface area contributed by atoms with Crippen LogP contribution in [0.1, 0.15) is 11.1 Å². The molecule has 0 amide bonds. The topological polar surface area (TPSA) is 52.0 Å². The van der Waals surface area contributed by atoms with Gasteiger partial charge in [-0.25, -0.2) is 0 Å². The van der Waals surface area contributed by atoms with Crippen LogP contribution in [0.2, 0.25) is 0 Å². The van der Waals surface area contributed by atoms with E-state index in [2.05, 4.69) is 15.9 Å². The number of anilines is 1. The first-order valence-corrected chi connectivity index (χ1v) is 4.50. The average molecular weight is 269 g/mol. The van der Waals surface area contributed by atoms with Crippen LogP contribution in [0.5, 0.6) is 0 Å². The minimum absolute atomic E-state index is 0.0265. The Morgan fingerprint density at radius 1 is 1.29 bits per heavy atom. The summed E-state index contributed by atoms with van der Waals surface area (Å²) in [4.78, 5) is 0. The Hall–Kier alpha value is -0.750. The van der Waals surface area contributed by atoms with Gasteiger partial charge < -0.3 is 11.5 Å². The molecule has 0 saturated carbocycles. The van der Waals surface area contributed by atoms with Gasteiger partial charge in [-0.3, -0.25) is 0 Å². The molecule has 78 valence electrons. The predicted octanol–water partition coefficient (Wildman–Crippen LogP) is 2.51. The summed E-state index contributed by atoms with van der Waals surface area (Å²) in [7, 11) is 0. The molecule has 0 saturated heterocycles. The van der Waals surface area contributed by atoms with Crippen molar-refractivity contribution >= 4 is 21.6 Å². The van der Waals surface area contributed by atoms with Gasteiger partial charge in [0.15, 0.2) is 0 Å². The Balaban J connectivity index is 3.35. The summed E-state index contributed by atoms with van der Waals surface area (Å²) in [5, 5.41) is 0. The SMILES string of the molecule is NCc1cc(Br)c(N)cc1C(F)(F)F. The van der Waals surface area contributed by atoms with Gasteiger partial charge in [-0.1, -0.05) is 0 Å². The van der Waals surface area contributed by atoms with Crippen molar-refractivity contribution in [2.45, 2.75) is 12.7 Å². The van der Waals surface area contributed by atoms with Crippen LogP contribution in [-0.2, 0) is 12.7 Å². The number of hydrogen-bond donors (Lipinski definition) is 2. The summed E-state index contributed by atoms with van der Waals surface area (Å²) in [6.45, 7) is -0.173. The van der Waals surface area contributed by atoms with E-state index in [-0.39, 0.29) is 17.8 Å². The summed E-state index contributed by atoms with van der Waals surface area (Å²) >= 11 is 3.04. The maximum atomic E-state index is 12.4. The molecule has 0 radical (unpaired) electrons. The molecule has 0 spiro atoms. The van der Waals surface area contributed by atoms with E-state index >= 15 is 0 Å². The van der Waals surface area contributed by atoms with Crippen molar-refractivity contribution in [3.05, 3.63) is 27.7 Å². The van der Waals surface area contributed by atoms with Crippen LogP contribution >= 0.6 is 15.9 Å². The van der Waals surface area contributed by atoms with E-state index < -0.39 is 11.7 Å². The number of nitrogens with two attached hydrogens (primary N) is 2. The Labute approximate surface area is 87.2 Å². The van der Waals surface area contributed by atoms with Crippen molar-refractivity contribution in [2.75, 3.05) is 5.73 Å². The lowest BCUT2D eigenvalue weighted by molar-refractivity contribution is -0.138. The van der Waals surface area contributed by atoms with Gasteiger partial charge in [0.1, 0.15) is 0 Å². The number of nitrogen functional groups attached to an aromatic ring is 1. The van der Waals surface area contributed by atoms with Gasteiger partial charge in [0, 0.05) is 16.7 Å². The quantitative estimate of drug-likeness (QED) is 0.769. The van der Waals surface area contributed by atoms with Crippen molar-refractivity contribution in [1.82, 2.24) is 0 Å². The summed E-state index contributed by atoms with van der Waals surface area (Å²) in [6.07, 6.45) is -4.41. The largest absolute Gasteiger partial charge is 0.416 e. The smallest absolute Gasteiger partial charge is 0.398 e. The van der Waals surface area contributed by atoms with Crippen molar-refractivity contribution in [3.63, 3.8) is 0 Å².